The fraction of sp³-hybridized carbons (Fsp3) is 0.412. The number of aromatic nitrogens is 1. The molecule has 0 aliphatic carbocycles. The number of thiazole rings is 1. The largest absolute Gasteiger partial charge is 0.464 e. The van der Waals surface area contributed by atoms with E-state index in [2.05, 4.69) is 9.72 Å². The summed E-state index contributed by atoms with van der Waals surface area (Å²) < 4.78 is 37.2. The molecule has 0 amide bonds. The van der Waals surface area contributed by atoms with Crippen LogP contribution in [0.4, 0.5) is 0 Å². The van der Waals surface area contributed by atoms with E-state index in [-0.39, 0.29) is 17.1 Å². The molecule has 26 heavy (non-hydrogen) atoms. The number of hydrogen-bond donors (Lipinski definition) is 0. The van der Waals surface area contributed by atoms with Crippen molar-refractivity contribution in [2.75, 3.05) is 26.9 Å². The monoisotopic (exact) mass is 398 g/mol. The van der Waals surface area contributed by atoms with Crippen LogP contribution >= 0.6 is 11.3 Å². The third kappa shape index (κ3) is 5.34. The van der Waals surface area contributed by atoms with Gasteiger partial charge in [-0.1, -0.05) is 18.2 Å². The van der Waals surface area contributed by atoms with Crippen molar-refractivity contribution in [2.24, 2.45) is 0 Å². The number of methoxy groups -OCH3 is 1. The minimum atomic E-state index is -3.67. The van der Waals surface area contributed by atoms with Gasteiger partial charge >= 0.3 is 5.97 Å². The van der Waals surface area contributed by atoms with E-state index in [0.717, 1.165) is 0 Å². The lowest BCUT2D eigenvalue weighted by Gasteiger charge is -2.21. The molecule has 2 aromatic rings. The second-order valence-corrected chi connectivity index (χ2v) is 8.20. The number of carbonyl (C=O) groups is 1. The second-order valence-electron chi connectivity index (χ2n) is 5.32. The van der Waals surface area contributed by atoms with E-state index in [1.807, 2.05) is 6.92 Å². The fourth-order valence-corrected chi connectivity index (χ4v) is 4.57. The van der Waals surface area contributed by atoms with Crippen LogP contribution in [0, 0.1) is 0 Å². The third-order valence-corrected chi connectivity index (χ3v) is 6.23. The number of sulfonamides is 1. The molecule has 1 aromatic heterocycles. The van der Waals surface area contributed by atoms with Crippen LogP contribution in [0.15, 0.2) is 40.6 Å². The van der Waals surface area contributed by atoms with Gasteiger partial charge in [-0.15, -0.1) is 11.3 Å². The Kier molecular flexibility index (Phi) is 7.70. The summed E-state index contributed by atoms with van der Waals surface area (Å²) in [6, 6.07) is 8.26. The molecule has 0 atom stereocenters. The lowest BCUT2D eigenvalue weighted by Crippen LogP contribution is -2.32. The van der Waals surface area contributed by atoms with Crippen LogP contribution in [0.25, 0.3) is 0 Å². The highest BCUT2D eigenvalue weighted by Gasteiger charge is 2.25. The van der Waals surface area contributed by atoms with Crippen LogP contribution in [0.1, 0.15) is 28.8 Å². The molecule has 0 aliphatic rings. The minimum Gasteiger partial charge on any atom is -0.464 e. The number of benzene rings is 1. The van der Waals surface area contributed by atoms with Gasteiger partial charge in [0.15, 0.2) is 5.69 Å². The van der Waals surface area contributed by atoms with Crippen molar-refractivity contribution in [2.45, 2.75) is 24.8 Å². The van der Waals surface area contributed by atoms with E-state index in [1.54, 1.807) is 35.7 Å². The predicted molar refractivity (Wildman–Crippen MR) is 98.6 cm³/mol. The van der Waals surface area contributed by atoms with E-state index in [4.69, 9.17) is 4.74 Å². The lowest BCUT2D eigenvalue weighted by atomic mass is 10.4. The molecule has 0 bridgehead atoms. The molecule has 9 heteroatoms. The van der Waals surface area contributed by atoms with Gasteiger partial charge < -0.3 is 9.47 Å². The second kappa shape index (κ2) is 9.77. The van der Waals surface area contributed by atoms with Crippen LogP contribution in [0.2, 0.25) is 0 Å². The highest BCUT2D eigenvalue weighted by Crippen LogP contribution is 2.20. The molecule has 1 aromatic carbocycles. The summed E-state index contributed by atoms with van der Waals surface area (Å²) in [4.78, 5) is 16.0. The van der Waals surface area contributed by atoms with E-state index >= 15 is 0 Å². The number of hydrogen-bond acceptors (Lipinski definition) is 7. The molecule has 0 fully saturated rings. The van der Waals surface area contributed by atoms with E-state index in [9.17, 15) is 13.2 Å². The Labute approximate surface area is 157 Å². The van der Waals surface area contributed by atoms with Crippen molar-refractivity contribution in [1.29, 1.82) is 0 Å². The van der Waals surface area contributed by atoms with Crippen LogP contribution in [-0.2, 0) is 26.0 Å². The predicted octanol–water partition coefficient (Wildman–Crippen LogP) is 2.55. The molecule has 2 rings (SSSR count). The third-order valence-electron chi connectivity index (χ3n) is 3.54. The average molecular weight is 399 g/mol. The van der Waals surface area contributed by atoms with Gasteiger partial charge in [0.2, 0.25) is 10.0 Å². The topological polar surface area (TPSA) is 85.8 Å². The van der Waals surface area contributed by atoms with Gasteiger partial charge in [-0.25, -0.2) is 18.2 Å². The Balaban J connectivity index is 2.20. The van der Waals surface area contributed by atoms with Crippen molar-refractivity contribution in [3.05, 3.63) is 46.4 Å². The summed E-state index contributed by atoms with van der Waals surface area (Å²) in [6.07, 6.45) is 0.565. The van der Waals surface area contributed by atoms with Crippen molar-refractivity contribution in [3.8, 4) is 0 Å². The number of ether oxygens (including phenoxy) is 2. The van der Waals surface area contributed by atoms with Crippen LogP contribution in [0.5, 0.6) is 0 Å². The Morgan fingerprint density at radius 2 is 2.00 bits per heavy atom. The molecule has 7 nitrogen and oxygen atoms in total. The molecule has 0 saturated carbocycles. The highest BCUT2D eigenvalue weighted by atomic mass is 32.2. The molecule has 0 N–H and O–H groups in total. The fourth-order valence-electron chi connectivity index (χ4n) is 2.25. The maximum atomic E-state index is 13.0. The van der Waals surface area contributed by atoms with Gasteiger partial charge in [-0.2, -0.15) is 4.31 Å². The first kappa shape index (κ1) is 20.5. The van der Waals surface area contributed by atoms with Gasteiger partial charge in [-0.05, 0) is 25.5 Å². The standard InChI is InChI=1S/C17H22N2O5S2/c1-3-24-11-7-10-19(26(21,22)14-8-5-4-6-9-14)12-16-18-15(13-25-16)17(20)23-2/h4-6,8-9,13H,3,7,10-12H2,1-2H3. The summed E-state index contributed by atoms with van der Waals surface area (Å²) in [5.41, 5.74) is 0.180. The summed E-state index contributed by atoms with van der Waals surface area (Å²) >= 11 is 1.23. The number of carbonyl (C=O) groups excluding carboxylic acids is 1. The Bertz CT molecular complexity index is 806. The van der Waals surface area contributed by atoms with E-state index in [0.29, 0.717) is 31.2 Å². The highest BCUT2D eigenvalue weighted by molar-refractivity contribution is 7.89. The SMILES string of the molecule is CCOCCCN(Cc1nc(C(=O)OC)cs1)S(=O)(=O)c1ccccc1. The number of rotatable bonds is 10. The molecular weight excluding hydrogens is 376 g/mol. The molecule has 0 unspecified atom stereocenters. The summed E-state index contributed by atoms with van der Waals surface area (Å²) in [5, 5.41) is 2.09. The maximum absolute atomic E-state index is 13.0. The Morgan fingerprint density at radius 3 is 2.65 bits per heavy atom. The van der Waals surface area contributed by atoms with Crippen molar-refractivity contribution < 1.29 is 22.7 Å². The summed E-state index contributed by atoms with van der Waals surface area (Å²) in [6.45, 7) is 3.33. The molecule has 0 saturated heterocycles. The maximum Gasteiger partial charge on any atom is 0.357 e. The van der Waals surface area contributed by atoms with Gasteiger partial charge in [0, 0.05) is 25.1 Å². The average Bonchev–Trinajstić information content (AvgIpc) is 3.13. The zero-order chi connectivity index (χ0) is 19.0. The molecule has 1 heterocycles. The van der Waals surface area contributed by atoms with Gasteiger partial charge in [0.25, 0.3) is 0 Å². The van der Waals surface area contributed by atoms with Crippen LogP contribution < -0.4 is 0 Å². The van der Waals surface area contributed by atoms with Crippen LogP contribution in [-0.4, -0.2) is 50.5 Å². The Morgan fingerprint density at radius 1 is 1.27 bits per heavy atom. The van der Waals surface area contributed by atoms with Crippen molar-refractivity contribution >= 4 is 27.3 Å². The quantitative estimate of drug-likeness (QED) is 0.452. The van der Waals surface area contributed by atoms with E-state index < -0.39 is 16.0 Å². The normalized spacial score (nSPS) is 11.7. The van der Waals surface area contributed by atoms with Crippen molar-refractivity contribution in [1.82, 2.24) is 9.29 Å². The van der Waals surface area contributed by atoms with E-state index in [1.165, 1.54) is 22.8 Å². The molecule has 142 valence electrons. The minimum absolute atomic E-state index is 0.0883. The van der Waals surface area contributed by atoms with Gasteiger partial charge in [0.1, 0.15) is 5.01 Å². The van der Waals surface area contributed by atoms with Gasteiger partial charge in [-0.3, -0.25) is 0 Å². The summed E-state index contributed by atoms with van der Waals surface area (Å²) in [5.74, 6) is -0.540. The molecule has 0 aliphatic heterocycles. The number of esters is 1. The zero-order valence-corrected chi connectivity index (χ0v) is 16.4. The molecular formula is C17H22N2O5S2. The number of nitrogens with zero attached hydrogens (tertiary/aromatic N) is 2. The molecule has 0 spiro atoms. The summed E-state index contributed by atoms with van der Waals surface area (Å²) in [7, 11) is -2.40. The first-order valence-electron chi connectivity index (χ1n) is 8.14. The molecule has 0 radical (unpaired) electrons. The first-order valence-corrected chi connectivity index (χ1v) is 10.5. The van der Waals surface area contributed by atoms with Gasteiger partial charge in [0.05, 0.1) is 18.6 Å². The Hall–Kier alpha value is -1.81. The van der Waals surface area contributed by atoms with Crippen LogP contribution in [0.3, 0.4) is 0 Å². The van der Waals surface area contributed by atoms with Crippen molar-refractivity contribution in [3.63, 3.8) is 0 Å². The zero-order valence-electron chi connectivity index (χ0n) is 14.8. The first-order chi connectivity index (χ1) is 12.5. The lowest BCUT2D eigenvalue weighted by molar-refractivity contribution is 0.0594. The smallest absolute Gasteiger partial charge is 0.357 e.